The van der Waals surface area contributed by atoms with E-state index in [0.717, 1.165) is 13.0 Å². The summed E-state index contributed by atoms with van der Waals surface area (Å²) in [5.74, 6) is -0.0355. The molecule has 2 heterocycles. The van der Waals surface area contributed by atoms with E-state index >= 15 is 0 Å². The van der Waals surface area contributed by atoms with E-state index in [9.17, 15) is 9.90 Å². The number of amides is 1. The van der Waals surface area contributed by atoms with Crippen molar-refractivity contribution >= 4 is 11.6 Å². The van der Waals surface area contributed by atoms with Gasteiger partial charge in [-0.05, 0) is 18.9 Å². The lowest BCUT2D eigenvalue weighted by Gasteiger charge is -2.16. The molecular formula is C12H19N3O2. The van der Waals surface area contributed by atoms with Gasteiger partial charge in [-0.25, -0.2) is 0 Å². The summed E-state index contributed by atoms with van der Waals surface area (Å²) in [7, 11) is 0. The second kappa shape index (κ2) is 4.79. The minimum absolute atomic E-state index is 0.0355. The number of nitrogens with two attached hydrogens (primary N) is 1. The van der Waals surface area contributed by atoms with E-state index in [1.54, 1.807) is 17.2 Å². The number of carbonyl (C=O) groups is 1. The van der Waals surface area contributed by atoms with E-state index in [-0.39, 0.29) is 12.0 Å². The van der Waals surface area contributed by atoms with Gasteiger partial charge < -0.3 is 20.3 Å². The zero-order valence-electron chi connectivity index (χ0n) is 10.1. The molecule has 0 aliphatic carbocycles. The fourth-order valence-corrected chi connectivity index (χ4v) is 2.23. The zero-order chi connectivity index (χ0) is 12.4. The highest BCUT2D eigenvalue weighted by atomic mass is 16.3. The molecule has 1 fully saturated rings. The first-order valence-electron chi connectivity index (χ1n) is 6.04. The zero-order valence-corrected chi connectivity index (χ0v) is 10.1. The number of hydrogen-bond donors (Lipinski definition) is 2. The Balaban J connectivity index is 2.18. The Morgan fingerprint density at radius 2 is 2.41 bits per heavy atom. The number of nitrogens with zero attached hydrogens (tertiary/aromatic N) is 2. The first-order chi connectivity index (χ1) is 8.11. The number of carbonyl (C=O) groups excluding carboxylic acids is 1. The molecule has 1 aliphatic heterocycles. The molecule has 1 aromatic rings. The van der Waals surface area contributed by atoms with Gasteiger partial charge in [0.05, 0.1) is 11.8 Å². The van der Waals surface area contributed by atoms with E-state index in [0.29, 0.717) is 30.9 Å². The van der Waals surface area contributed by atoms with Crippen molar-refractivity contribution < 1.29 is 9.90 Å². The molecule has 1 atom stereocenters. The van der Waals surface area contributed by atoms with Crippen LogP contribution in [0.2, 0.25) is 0 Å². The Labute approximate surface area is 101 Å². The molecule has 0 aromatic carbocycles. The fourth-order valence-electron chi connectivity index (χ4n) is 2.23. The first kappa shape index (κ1) is 12.0. The quantitative estimate of drug-likeness (QED) is 0.812. The Bertz CT molecular complexity index is 414. The molecule has 0 spiro atoms. The van der Waals surface area contributed by atoms with Crippen LogP contribution in [0.5, 0.6) is 0 Å². The van der Waals surface area contributed by atoms with Gasteiger partial charge in [0.15, 0.2) is 0 Å². The standard InChI is InChI=1S/C12H19N3O2/c1-2-4-14-7-9(13)6-11(14)12(17)15-5-3-10(16)8-15/h6-7,10,16H,2-5,8,13H2,1H3. The van der Waals surface area contributed by atoms with E-state index in [1.807, 2.05) is 4.57 Å². The summed E-state index contributed by atoms with van der Waals surface area (Å²) in [6.07, 6.45) is 3.03. The van der Waals surface area contributed by atoms with E-state index in [2.05, 4.69) is 6.92 Å². The van der Waals surface area contributed by atoms with Gasteiger partial charge in [0.25, 0.3) is 5.91 Å². The number of aliphatic hydroxyl groups is 1. The molecule has 1 aliphatic rings. The van der Waals surface area contributed by atoms with Crippen LogP contribution in [-0.4, -0.2) is 39.7 Å². The van der Waals surface area contributed by atoms with E-state index < -0.39 is 0 Å². The Morgan fingerprint density at radius 1 is 1.65 bits per heavy atom. The van der Waals surface area contributed by atoms with Crippen LogP contribution in [0.25, 0.3) is 0 Å². The molecule has 2 rings (SSSR count). The number of aryl methyl sites for hydroxylation is 1. The van der Waals surface area contributed by atoms with E-state index in [1.165, 1.54) is 0 Å². The molecule has 0 saturated carbocycles. The van der Waals surface area contributed by atoms with Crippen molar-refractivity contribution in [2.24, 2.45) is 0 Å². The summed E-state index contributed by atoms with van der Waals surface area (Å²) in [5.41, 5.74) is 6.97. The van der Waals surface area contributed by atoms with Crippen molar-refractivity contribution in [3.05, 3.63) is 18.0 Å². The molecule has 5 heteroatoms. The largest absolute Gasteiger partial charge is 0.397 e. The number of aromatic nitrogens is 1. The number of aliphatic hydroxyl groups excluding tert-OH is 1. The molecule has 5 nitrogen and oxygen atoms in total. The van der Waals surface area contributed by atoms with Gasteiger partial charge >= 0.3 is 0 Å². The van der Waals surface area contributed by atoms with Crippen LogP contribution in [0, 0.1) is 0 Å². The molecule has 3 N–H and O–H groups in total. The Morgan fingerprint density at radius 3 is 3.00 bits per heavy atom. The highest BCUT2D eigenvalue weighted by molar-refractivity contribution is 5.94. The van der Waals surface area contributed by atoms with Gasteiger partial charge in [-0.2, -0.15) is 0 Å². The van der Waals surface area contributed by atoms with Crippen LogP contribution in [0.4, 0.5) is 5.69 Å². The van der Waals surface area contributed by atoms with Gasteiger partial charge in [0.1, 0.15) is 5.69 Å². The van der Waals surface area contributed by atoms with Gasteiger partial charge in [-0.3, -0.25) is 4.79 Å². The average Bonchev–Trinajstić information content (AvgIpc) is 2.85. The van der Waals surface area contributed by atoms with E-state index in [4.69, 9.17) is 5.73 Å². The average molecular weight is 237 g/mol. The van der Waals surface area contributed by atoms with Gasteiger partial charge in [0.2, 0.25) is 0 Å². The second-order valence-electron chi connectivity index (χ2n) is 4.55. The van der Waals surface area contributed by atoms with Crippen molar-refractivity contribution in [3.8, 4) is 0 Å². The van der Waals surface area contributed by atoms with Crippen LogP contribution in [0.15, 0.2) is 12.3 Å². The summed E-state index contributed by atoms with van der Waals surface area (Å²) in [6, 6.07) is 1.71. The lowest BCUT2D eigenvalue weighted by atomic mass is 10.3. The molecule has 0 radical (unpaired) electrons. The Hall–Kier alpha value is -1.49. The van der Waals surface area contributed by atoms with Crippen molar-refractivity contribution in [1.82, 2.24) is 9.47 Å². The summed E-state index contributed by atoms with van der Waals surface area (Å²) in [4.78, 5) is 13.9. The molecule has 1 amide bonds. The van der Waals surface area contributed by atoms with Crippen molar-refractivity contribution in [2.75, 3.05) is 18.8 Å². The topological polar surface area (TPSA) is 71.5 Å². The maximum absolute atomic E-state index is 12.2. The number of likely N-dealkylation sites (tertiary alicyclic amines) is 1. The lowest BCUT2D eigenvalue weighted by molar-refractivity contribution is 0.0754. The molecule has 0 bridgehead atoms. The van der Waals surface area contributed by atoms with Gasteiger partial charge in [-0.15, -0.1) is 0 Å². The summed E-state index contributed by atoms with van der Waals surface area (Å²) in [6.45, 7) is 3.89. The van der Waals surface area contributed by atoms with Gasteiger partial charge in [0, 0.05) is 25.8 Å². The molecule has 1 unspecified atom stereocenters. The van der Waals surface area contributed by atoms with Crippen LogP contribution in [0.1, 0.15) is 30.3 Å². The maximum Gasteiger partial charge on any atom is 0.270 e. The highest BCUT2D eigenvalue weighted by Crippen LogP contribution is 2.17. The summed E-state index contributed by atoms with van der Waals surface area (Å²) in [5, 5.41) is 9.45. The monoisotopic (exact) mass is 237 g/mol. The predicted molar refractivity (Wildman–Crippen MR) is 65.7 cm³/mol. The summed E-state index contributed by atoms with van der Waals surface area (Å²) >= 11 is 0. The number of nitrogen functional groups attached to an aromatic ring is 1. The smallest absolute Gasteiger partial charge is 0.270 e. The third-order valence-electron chi connectivity index (χ3n) is 3.05. The predicted octanol–water partition coefficient (Wildman–Crippen LogP) is 0.687. The number of β-amino-alcohol motifs (C(OH)–C–C–N with tert-alkyl or cyclic N) is 1. The molecule has 1 saturated heterocycles. The second-order valence-corrected chi connectivity index (χ2v) is 4.55. The fraction of sp³-hybridized carbons (Fsp3) is 0.583. The maximum atomic E-state index is 12.2. The first-order valence-corrected chi connectivity index (χ1v) is 6.04. The minimum Gasteiger partial charge on any atom is -0.397 e. The molecular weight excluding hydrogens is 218 g/mol. The van der Waals surface area contributed by atoms with Crippen molar-refractivity contribution in [1.29, 1.82) is 0 Å². The molecule has 17 heavy (non-hydrogen) atoms. The Kier molecular flexibility index (Phi) is 3.38. The van der Waals surface area contributed by atoms with Crippen LogP contribution < -0.4 is 5.73 Å². The summed E-state index contributed by atoms with van der Waals surface area (Å²) < 4.78 is 1.89. The number of rotatable bonds is 3. The van der Waals surface area contributed by atoms with Crippen molar-refractivity contribution in [2.45, 2.75) is 32.4 Å². The number of anilines is 1. The van der Waals surface area contributed by atoms with Gasteiger partial charge in [-0.1, -0.05) is 6.92 Å². The third-order valence-corrected chi connectivity index (χ3v) is 3.05. The third kappa shape index (κ3) is 2.44. The molecule has 94 valence electrons. The van der Waals surface area contributed by atoms with Crippen LogP contribution in [0.3, 0.4) is 0 Å². The van der Waals surface area contributed by atoms with Crippen molar-refractivity contribution in [3.63, 3.8) is 0 Å². The minimum atomic E-state index is -0.383. The lowest BCUT2D eigenvalue weighted by Crippen LogP contribution is -2.31. The van der Waals surface area contributed by atoms with Crippen LogP contribution >= 0.6 is 0 Å². The highest BCUT2D eigenvalue weighted by Gasteiger charge is 2.27. The molecule has 1 aromatic heterocycles. The SMILES string of the molecule is CCCn1cc(N)cc1C(=O)N1CCC(O)C1. The number of hydrogen-bond acceptors (Lipinski definition) is 3. The van der Waals surface area contributed by atoms with Crippen LogP contribution in [-0.2, 0) is 6.54 Å². The normalized spacial score (nSPS) is 19.9.